The van der Waals surface area contributed by atoms with Crippen molar-refractivity contribution >= 4 is 27.9 Å². The summed E-state index contributed by atoms with van der Waals surface area (Å²) in [6, 6.07) is 6.67. The predicted octanol–water partition coefficient (Wildman–Crippen LogP) is 2.72. The van der Waals surface area contributed by atoms with Crippen LogP contribution in [0.3, 0.4) is 0 Å². The normalized spacial score (nSPS) is 24.3. The molecule has 1 aliphatic carbocycles. The Hall–Kier alpha value is -1.60. The quantitative estimate of drug-likeness (QED) is 0.801. The molecule has 0 radical (unpaired) electrons. The van der Waals surface area contributed by atoms with E-state index in [1.54, 1.807) is 0 Å². The van der Waals surface area contributed by atoms with E-state index in [4.69, 9.17) is 10.5 Å². The van der Waals surface area contributed by atoms with E-state index < -0.39 is 12.1 Å². The Morgan fingerprint density at radius 2 is 2.16 bits per heavy atom. The van der Waals surface area contributed by atoms with E-state index >= 15 is 0 Å². The largest absolute Gasteiger partial charge is 0.374 e. The van der Waals surface area contributed by atoms with Crippen LogP contribution in [0.2, 0.25) is 0 Å². The molecular formula is C18H24BrN3O3. The molecule has 3 rings (SSSR count). The molecule has 7 heteroatoms. The molecule has 1 saturated heterocycles. The third kappa shape index (κ3) is 4.52. The standard InChI is InChI=1S/C18H24BrN3O3/c19-13-5-3-4-12(10-13)14(21-18(20)24)11-17(23)22-8-9-25-16-7-2-1-6-15(16)22/h3-5,10,14-16H,1-2,6-9,11H2,(H3,20,21,24)/t14-,15-,16-/m1/s1. The summed E-state index contributed by atoms with van der Waals surface area (Å²) in [5, 5.41) is 2.70. The van der Waals surface area contributed by atoms with E-state index in [2.05, 4.69) is 21.2 Å². The van der Waals surface area contributed by atoms with Crippen molar-refractivity contribution in [2.24, 2.45) is 5.73 Å². The molecule has 1 aliphatic heterocycles. The number of amides is 3. The molecule has 2 fully saturated rings. The minimum Gasteiger partial charge on any atom is -0.374 e. The lowest BCUT2D eigenvalue weighted by atomic mass is 9.89. The Kier molecular flexibility index (Phi) is 5.96. The van der Waals surface area contributed by atoms with E-state index in [1.165, 1.54) is 0 Å². The fourth-order valence-corrected chi connectivity index (χ4v) is 4.26. The summed E-state index contributed by atoms with van der Waals surface area (Å²) in [5.74, 6) is 0.0407. The molecule has 3 N–H and O–H groups in total. The number of nitrogens with one attached hydrogen (secondary N) is 1. The van der Waals surface area contributed by atoms with Gasteiger partial charge in [0.1, 0.15) is 0 Å². The van der Waals surface area contributed by atoms with Crippen molar-refractivity contribution in [2.45, 2.75) is 50.3 Å². The average molecular weight is 410 g/mol. The zero-order valence-corrected chi connectivity index (χ0v) is 15.7. The highest BCUT2D eigenvalue weighted by atomic mass is 79.9. The molecule has 136 valence electrons. The van der Waals surface area contributed by atoms with Crippen LogP contribution in [-0.2, 0) is 9.53 Å². The second kappa shape index (κ2) is 8.19. The van der Waals surface area contributed by atoms with Gasteiger partial charge in [0.2, 0.25) is 5.91 Å². The van der Waals surface area contributed by atoms with E-state index in [9.17, 15) is 9.59 Å². The molecule has 3 amide bonds. The molecule has 3 atom stereocenters. The Morgan fingerprint density at radius 3 is 2.92 bits per heavy atom. The van der Waals surface area contributed by atoms with Gasteiger partial charge in [-0.3, -0.25) is 4.79 Å². The van der Waals surface area contributed by atoms with Crippen molar-refractivity contribution < 1.29 is 14.3 Å². The molecule has 0 aromatic heterocycles. The van der Waals surface area contributed by atoms with Crippen LogP contribution in [0.1, 0.15) is 43.7 Å². The number of hydrogen-bond donors (Lipinski definition) is 2. The molecule has 0 spiro atoms. The maximum absolute atomic E-state index is 13.0. The van der Waals surface area contributed by atoms with Gasteiger partial charge in [0, 0.05) is 11.0 Å². The molecule has 1 aromatic carbocycles. The number of halogens is 1. The van der Waals surface area contributed by atoms with Gasteiger partial charge in [0.25, 0.3) is 0 Å². The van der Waals surface area contributed by atoms with Crippen LogP contribution in [0.5, 0.6) is 0 Å². The Balaban J connectivity index is 1.74. The second-order valence-corrected chi connectivity index (χ2v) is 7.58. The number of ether oxygens (including phenoxy) is 1. The lowest BCUT2D eigenvalue weighted by Gasteiger charge is -2.44. The maximum atomic E-state index is 13.0. The molecule has 0 bridgehead atoms. The number of morpholine rings is 1. The van der Waals surface area contributed by atoms with Gasteiger partial charge in [-0.25, -0.2) is 4.79 Å². The highest BCUT2D eigenvalue weighted by Gasteiger charge is 2.37. The first-order chi connectivity index (χ1) is 12.0. The lowest BCUT2D eigenvalue weighted by molar-refractivity contribution is -0.150. The van der Waals surface area contributed by atoms with Crippen LogP contribution < -0.4 is 11.1 Å². The summed E-state index contributed by atoms with van der Waals surface area (Å²) in [5.41, 5.74) is 6.18. The van der Waals surface area contributed by atoms with Crippen LogP contribution in [0.4, 0.5) is 4.79 Å². The average Bonchev–Trinajstić information content (AvgIpc) is 2.60. The van der Waals surface area contributed by atoms with Crippen LogP contribution in [0.15, 0.2) is 28.7 Å². The van der Waals surface area contributed by atoms with E-state index in [-0.39, 0.29) is 24.5 Å². The number of carbonyl (C=O) groups excluding carboxylic acids is 2. The minimum atomic E-state index is -0.629. The summed E-state index contributed by atoms with van der Waals surface area (Å²) in [6.45, 7) is 1.19. The van der Waals surface area contributed by atoms with E-state index in [0.29, 0.717) is 13.2 Å². The van der Waals surface area contributed by atoms with Crippen molar-refractivity contribution in [3.8, 4) is 0 Å². The van der Waals surface area contributed by atoms with Gasteiger partial charge in [0.15, 0.2) is 0 Å². The number of urea groups is 1. The number of nitrogens with zero attached hydrogens (tertiary/aromatic N) is 1. The highest BCUT2D eigenvalue weighted by molar-refractivity contribution is 9.10. The first kappa shape index (κ1) is 18.2. The molecule has 0 unspecified atom stereocenters. The predicted molar refractivity (Wildman–Crippen MR) is 97.9 cm³/mol. The molecular weight excluding hydrogens is 386 g/mol. The topological polar surface area (TPSA) is 84.7 Å². The van der Waals surface area contributed by atoms with Crippen molar-refractivity contribution in [3.63, 3.8) is 0 Å². The third-order valence-electron chi connectivity index (χ3n) is 5.00. The molecule has 6 nitrogen and oxygen atoms in total. The first-order valence-corrected chi connectivity index (χ1v) is 9.56. The van der Waals surface area contributed by atoms with Gasteiger partial charge in [-0.1, -0.05) is 40.9 Å². The maximum Gasteiger partial charge on any atom is 0.312 e. The molecule has 2 aliphatic rings. The summed E-state index contributed by atoms with van der Waals surface area (Å²) in [4.78, 5) is 26.3. The highest BCUT2D eigenvalue weighted by Crippen LogP contribution is 2.30. The summed E-state index contributed by atoms with van der Waals surface area (Å²) < 4.78 is 6.74. The van der Waals surface area contributed by atoms with Crippen molar-refractivity contribution in [3.05, 3.63) is 34.3 Å². The molecule has 1 heterocycles. The number of nitrogens with two attached hydrogens (primary N) is 1. The summed E-state index contributed by atoms with van der Waals surface area (Å²) in [6.07, 6.45) is 4.64. The summed E-state index contributed by atoms with van der Waals surface area (Å²) >= 11 is 3.43. The summed E-state index contributed by atoms with van der Waals surface area (Å²) in [7, 11) is 0. The van der Waals surface area contributed by atoms with E-state index in [0.717, 1.165) is 35.7 Å². The van der Waals surface area contributed by atoms with Gasteiger partial charge in [0.05, 0.1) is 31.2 Å². The molecule has 1 aromatic rings. The van der Waals surface area contributed by atoms with Gasteiger partial charge >= 0.3 is 6.03 Å². The van der Waals surface area contributed by atoms with Crippen LogP contribution in [0.25, 0.3) is 0 Å². The smallest absolute Gasteiger partial charge is 0.312 e. The van der Waals surface area contributed by atoms with Gasteiger partial charge in [-0.2, -0.15) is 0 Å². The van der Waals surface area contributed by atoms with Crippen LogP contribution >= 0.6 is 15.9 Å². The Labute approximate surface area is 156 Å². The SMILES string of the molecule is NC(=O)N[C@H](CC(=O)N1CCO[C@@H]2CCCC[C@H]21)c1cccc(Br)c1. The number of carbonyl (C=O) groups is 2. The minimum absolute atomic E-state index is 0.0407. The molecule has 25 heavy (non-hydrogen) atoms. The van der Waals surface area contributed by atoms with Crippen molar-refractivity contribution in [1.29, 1.82) is 0 Å². The van der Waals surface area contributed by atoms with Gasteiger partial charge in [-0.15, -0.1) is 0 Å². The monoisotopic (exact) mass is 409 g/mol. The van der Waals surface area contributed by atoms with Gasteiger partial charge < -0.3 is 20.7 Å². The number of fused-ring (bicyclic) bond motifs is 1. The Bertz CT molecular complexity index is 638. The number of benzene rings is 1. The van der Waals surface area contributed by atoms with Crippen LogP contribution in [-0.4, -0.2) is 42.1 Å². The van der Waals surface area contributed by atoms with E-state index in [1.807, 2.05) is 29.2 Å². The fourth-order valence-electron chi connectivity index (χ4n) is 3.85. The number of rotatable bonds is 4. The fraction of sp³-hybridized carbons (Fsp3) is 0.556. The Morgan fingerprint density at radius 1 is 1.36 bits per heavy atom. The van der Waals surface area contributed by atoms with Gasteiger partial charge in [-0.05, 0) is 30.5 Å². The molecule has 1 saturated carbocycles. The van der Waals surface area contributed by atoms with Crippen molar-refractivity contribution in [1.82, 2.24) is 10.2 Å². The number of hydrogen-bond acceptors (Lipinski definition) is 3. The lowest BCUT2D eigenvalue weighted by Crippen LogP contribution is -2.55. The van der Waals surface area contributed by atoms with Crippen LogP contribution in [0, 0.1) is 0 Å². The zero-order valence-electron chi connectivity index (χ0n) is 14.1. The van der Waals surface area contributed by atoms with Crippen molar-refractivity contribution in [2.75, 3.05) is 13.2 Å². The number of primary amides is 1. The third-order valence-corrected chi connectivity index (χ3v) is 5.49. The zero-order chi connectivity index (χ0) is 17.8. The first-order valence-electron chi connectivity index (χ1n) is 8.77. The second-order valence-electron chi connectivity index (χ2n) is 6.67.